The molecule has 2 unspecified atom stereocenters. The first-order valence-electron chi connectivity index (χ1n) is 3.17. The highest BCUT2D eigenvalue weighted by molar-refractivity contribution is 7.55. The van der Waals surface area contributed by atoms with Gasteiger partial charge in [-0.2, -0.15) is 0 Å². The number of aliphatic carboxylic acids is 1. The molecule has 0 aliphatic carbocycles. The van der Waals surface area contributed by atoms with E-state index in [9.17, 15) is 9.36 Å². The van der Waals surface area contributed by atoms with E-state index >= 15 is 0 Å². The number of carboxylic acid groups (broad SMARTS) is 1. The second kappa shape index (κ2) is 3.85. The summed E-state index contributed by atoms with van der Waals surface area (Å²) in [4.78, 5) is 19.1. The lowest BCUT2D eigenvalue weighted by molar-refractivity contribution is -0.139. The van der Waals surface area contributed by atoms with E-state index in [-0.39, 0.29) is 6.42 Å². The van der Waals surface area contributed by atoms with Crippen molar-refractivity contribution in [3.63, 3.8) is 0 Å². The van der Waals surface area contributed by atoms with Crippen LogP contribution in [0.1, 0.15) is 13.3 Å². The van der Waals surface area contributed by atoms with Crippen LogP contribution in [0.3, 0.4) is 0 Å². The van der Waals surface area contributed by atoms with Gasteiger partial charge in [0.15, 0.2) is 0 Å². The van der Waals surface area contributed by atoms with Crippen molar-refractivity contribution in [3.8, 4) is 0 Å². The Kier molecular flexibility index (Phi) is 3.72. The number of hydrogen-bond acceptors (Lipinski definition) is 2. The lowest BCUT2D eigenvalue weighted by Crippen LogP contribution is -2.33. The normalized spacial score (nSPS) is 18.8. The molecule has 0 saturated heterocycles. The van der Waals surface area contributed by atoms with Crippen molar-refractivity contribution in [2.45, 2.75) is 19.4 Å². The maximum absolute atomic E-state index is 10.7. The summed E-state index contributed by atoms with van der Waals surface area (Å²) >= 11 is 0. The van der Waals surface area contributed by atoms with Gasteiger partial charge in [0, 0.05) is 6.66 Å². The average molecular weight is 181 g/mol. The van der Waals surface area contributed by atoms with Crippen LogP contribution in [0.25, 0.3) is 0 Å². The van der Waals surface area contributed by atoms with Crippen LogP contribution in [0, 0.1) is 0 Å². The van der Waals surface area contributed by atoms with E-state index in [0.717, 1.165) is 6.66 Å². The number of nitrogens with one attached hydrogen (secondary N) is 1. The largest absolute Gasteiger partial charge is 0.480 e. The minimum Gasteiger partial charge on any atom is -0.480 e. The van der Waals surface area contributed by atoms with Gasteiger partial charge in [-0.1, -0.05) is 6.92 Å². The van der Waals surface area contributed by atoms with Gasteiger partial charge in [-0.25, -0.2) is 5.09 Å². The molecule has 0 spiro atoms. The Bertz CT molecular complexity index is 187. The number of carbonyl (C=O) groups is 1. The topological polar surface area (TPSA) is 86.6 Å². The molecule has 6 heteroatoms. The Hall–Kier alpha value is -0.380. The standard InChI is InChI=1S/C5H12NO4P/c1-3-4(5(7)8)6-11(2,9)10/h4H,3H2,1-2H3,(H,7,8)(H2,6,9,10). The van der Waals surface area contributed by atoms with E-state index in [1.807, 2.05) is 0 Å². The molecule has 0 rings (SSSR count). The van der Waals surface area contributed by atoms with Crippen molar-refractivity contribution in [2.24, 2.45) is 0 Å². The first-order valence-corrected chi connectivity index (χ1v) is 5.28. The van der Waals surface area contributed by atoms with E-state index < -0.39 is 19.5 Å². The lowest BCUT2D eigenvalue weighted by Gasteiger charge is -2.13. The van der Waals surface area contributed by atoms with Gasteiger partial charge in [-0.05, 0) is 6.42 Å². The van der Waals surface area contributed by atoms with Crippen molar-refractivity contribution < 1.29 is 19.4 Å². The molecule has 0 fully saturated rings. The van der Waals surface area contributed by atoms with Crippen LogP contribution in [-0.4, -0.2) is 28.7 Å². The molecular formula is C5H12NO4P. The molecular weight excluding hydrogens is 169 g/mol. The fourth-order valence-electron chi connectivity index (χ4n) is 0.610. The second-order valence-electron chi connectivity index (χ2n) is 2.31. The molecule has 0 aliphatic heterocycles. The molecule has 0 aliphatic rings. The van der Waals surface area contributed by atoms with Crippen molar-refractivity contribution in [2.75, 3.05) is 6.66 Å². The summed E-state index contributed by atoms with van der Waals surface area (Å²) in [6.07, 6.45) is 0.285. The summed E-state index contributed by atoms with van der Waals surface area (Å²) < 4.78 is 10.7. The van der Waals surface area contributed by atoms with E-state index in [1.54, 1.807) is 6.92 Å². The molecule has 0 heterocycles. The molecule has 0 amide bonds. The Balaban J connectivity index is 4.10. The Labute approximate surface area is 64.9 Å². The zero-order valence-electron chi connectivity index (χ0n) is 6.44. The summed E-state index contributed by atoms with van der Waals surface area (Å²) in [7, 11) is -3.42. The molecule has 3 N–H and O–H groups in total. The summed E-state index contributed by atoms with van der Waals surface area (Å²) in [5.41, 5.74) is 0. The highest BCUT2D eigenvalue weighted by Crippen LogP contribution is 2.30. The minimum absolute atomic E-state index is 0.285. The first-order chi connectivity index (χ1) is 4.87. The molecule has 0 aromatic carbocycles. The van der Waals surface area contributed by atoms with Crippen LogP contribution in [-0.2, 0) is 9.36 Å². The first kappa shape index (κ1) is 10.6. The Morgan fingerprint density at radius 3 is 2.27 bits per heavy atom. The maximum Gasteiger partial charge on any atom is 0.321 e. The van der Waals surface area contributed by atoms with Crippen LogP contribution in [0.15, 0.2) is 0 Å². The van der Waals surface area contributed by atoms with Gasteiger partial charge < -0.3 is 10.00 Å². The van der Waals surface area contributed by atoms with Gasteiger partial charge >= 0.3 is 5.97 Å². The smallest absolute Gasteiger partial charge is 0.321 e. The highest BCUT2D eigenvalue weighted by atomic mass is 31.2. The second-order valence-corrected chi connectivity index (χ2v) is 4.32. The van der Waals surface area contributed by atoms with Crippen molar-refractivity contribution in [1.82, 2.24) is 5.09 Å². The summed E-state index contributed by atoms with van der Waals surface area (Å²) in [6.45, 7) is 2.69. The zero-order valence-corrected chi connectivity index (χ0v) is 7.34. The summed E-state index contributed by atoms with van der Waals surface area (Å²) in [5, 5.41) is 10.6. The van der Waals surface area contributed by atoms with Crippen molar-refractivity contribution in [3.05, 3.63) is 0 Å². The van der Waals surface area contributed by atoms with E-state index in [1.165, 1.54) is 0 Å². The quantitative estimate of drug-likeness (QED) is 0.541. The third kappa shape index (κ3) is 4.95. The molecule has 0 radical (unpaired) electrons. The molecule has 0 saturated carbocycles. The van der Waals surface area contributed by atoms with Crippen LogP contribution in [0.4, 0.5) is 0 Å². The van der Waals surface area contributed by atoms with Gasteiger partial charge in [0.2, 0.25) is 0 Å². The van der Waals surface area contributed by atoms with E-state index in [2.05, 4.69) is 5.09 Å². The maximum atomic E-state index is 10.7. The van der Waals surface area contributed by atoms with Gasteiger partial charge in [-0.15, -0.1) is 0 Å². The number of hydrogen-bond donors (Lipinski definition) is 3. The van der Waals surface area contributed by atoms with Crippen LogP contribution in [0.2, 0.25) is 0 Å². The molecule has 66 valence electrons. The molecule has 11 heavy (non-hydrogen) atoms. The van der Waals surface area contributed by atoms with Gasteiger partial charge in [0.25, 0.3) is 7.52 Å². The fraction of sp³-hybridized carbons (Fsp3) is 0.800. The van der Waals surface area contributed by atoms with Crippen LogP contribution >= 0.6 is 7.52 Å². The lowest BCUT2D eigenvalue weighted by atomic mass is 10.2. The molecule has 0 aromatic heterocycles. The third-order valence-electron chi connectivity index (χ3n) is 1.10. The van der Waals surface area contributed by atoms with E-state index in [4.69, 9.17) is 10.00 Å². The Morgan fingerprint density at radius 1 is 1.73 bits per heavy atom. The predicted octanol–water partition coefficient (Wildman–Crippen LogP) is 0.254. The molecule has 0 bridgehead atoms. The van der Waals surface area contributed by atoms with Gasteiger partial charge in [0.1, 0.15) is 6.04 Å². The number of rotatable bonds is 4. The monoisotopic (exact) mass is 181 g/mol. The minimum atomic E-state index is -3.42. The zero-order chi connectivity index (χ0) is 9.07. The third-order valence-corrected chi connectivity index (χ3v) is 1.89. The fourth-order valence-corrected chi connectivity index (χ4v) is 1.48. The summed E-state index contributed by atoms with van der Waals surface area (Å²) in [5.74, 6) is -1.11. The van der Waals surface area contributed by atoms with Crippen molar-refractivity contribution in [1.29, 1.82) is 0 Å². The van der Waals surface area contributed by atoms with Gasteiger partial charge in [-0.3, -0.25) is 9.36 Å². The molecule has 2 atom stereocenters. The number of carboxylic acids is 1. The van der Waals surface area contributed by atoms with E-state index in [0.29, 0.717) is 0 Å². The summed E-state index contributed by atoms with van der Waals surface area (Å²) in [6, 6.07) is -0.934. The predicted molar refractivity (Wildman–Crippen MR) is 40.6 cm³/mol. The van der Waals surface area contributed by atoms with Gasteiger partial charge in [0.05, 0.1) is 0 Å². The molecule has 5 nitrogen and oxygen atoms in total. The molecule has 0 aromatic rings. The van der Waals surface area contributed by atoms with Crippen molar-refractivity contribution >= 4 is 13.5 Å². The average Bonchev–Trinajstić information content (AvgIpc) is 1.80. The Morgan fingerprint density at radius 2 is 2.18 bits per heavy atom. The van der Waals surface area contributed by atoms with Crippen LogP contribution in [0.5, 0.6) is 0 Å². The van der Waals surface area contributed by atoms with Crippen LogP contribution < -0.4 is 5.09 Å². The highest BCUT2D eigenvalue weighted by Gasteiger charge is 2.21. The SMILES string of the molecule is CCC(NP(C)(=O)O)C(=O)O.